The third-order valence-electron chi connectivity index (χ3n) is 6.76. The van der Waals surface area contributed by atoms with E-state index in [0.717, 1.165) is 89.9 Å². The van der Waals surface area contributed by atoms with Crippen LogP contribution in [0, 0.1) is 0 Å². The Morgan fingerprint density at radius 3 is 0.826 bits per heavy atom. The Morgan fingerprint density at radius 2 is 0.565 bits per heavy atom. The van der Waals surface area contributed by atoms with Gasteiger partial charge < -0.3 is 0 Å². The summed E-state index contributed by atoms with van der Waals surface area (Å²) in [4.78, 5) is 36.4. The Morgan fingerprint density at radius 1 is 0.326 bits per heavy atom. The second-order valence-electron chi connectivity index (χ2n) is 11.2. The number of hydrogen-bond acceptors (Lipinski definition) is 3. The van der Waals surface area contributed by atoms with Crippen molar-refractivity contribution in [3.8, 4) is 0 Å². The fraction of sp³-hybridized carbons (Fsp3) is 0.465. The van der Waals surface area contributed by atoms with E-state index in [0.29, 0.717) is 12.8 Å². The minimum absolute atomic E-state index is 0.0658. The van der Waals surface area contributed by atoms with Gasteiger partial charge in [0, 0.05) is 12.8 Å². The maximum Gasteiger partial charge on any atom is 0.147 e. The molecule has 0 bridgehead atoms. The molecule has 0 atom stereocenters. The molecule has 0 aromatic heterocycles. The van der Waals surface area contributed by atoms with Crippen molar-refractivity contribution in [2.45, 2.75) is 129 Å². The fourth-order valence-electron chi connectivity index (χ4n) is 4.25. The van der Waals surface area contributed by atoms with Gasteiger partial charge in [-0.1, -0.05) is 135 Å². The molecule has 0 saturated heterocycles. The Balaban J connectivity index is 3.76. The zero-order valence-corrected chi connectivity index (χ0v) is 29.0. The van der Waals surface area contributed by atoms with Crippen LogP contribution in [0.2, 0.25) is 0 Å². The first-order valence-corrected chi connectivity index (χ1v) is 17.6. The Bertz CT molecular complexity index is 985. The highest BCUT2D eigenvalue weighted by Gasteiger charge is 2.13. The largest absolute Gasteiger partial charge is 0.299 e. The summed E-state index contributed by atoms with van der Waals surface area (Å²) in [5, 5.41) is 0. The molecule has 0 saturated carbocycles. The molecule has 0 radical (unpaired) electrons. The molecule has 0 aliphatic rings. The van der Waals surface area contributed by atoms with E-state index in [-0.39, 0.29) is 30.2 Å². The lowest BCUT2D eigenvalue weighted by atomic mass is 10.0. The molecule has 0 aromatic carbocycles. The van der Waals surface area contributed by atoms with E-state index in [2.05, 4.69) is 135 Å². The van der Waals surface area contributed by atoms with Crippen LogP contribution in [-0.4, -0.2) is 17.3 Å². The molecule has 0 spiro atoms. The Hall–Kier alpha value is -3.59. The summed E-state index contributed by atoms with van der Waals surface area (Å²) in [5.41, 5.74) is 0. The minimum Gasteiger partial charge on any atom is -0.299 e. The monoisotopic (exact) mass is 626 g/mol. The average molecular weight is 627 g/mol. The molecule has 3 nitrogen and oxygen atoms in total. The van der Waals surface area contributed by atoms with Crippen LogP contribution in [0.5, 0.6) is 0 Å². The first kappa shape index (κ1) is 42.4. The summed E-state index contributed by atoms with van der Waals surface area (Å²) >= 11 is 0. The fourth-order valence-corrected chi connectivity index (χ4v) is 4.25. The van der Waals surface area contributed by atoms with Gasteiger partial charge in [-0.2, -0.15) is 0 Å². The molecule has 0 rings (SSSR count). The highest BCUT2D eigenvalue weighted by atomic mass is 16.2. The zero-order chi connectivity index (χ0) is 33.6. The standard InChI is InChI=1S/C43H62O3/c1-3-5-7-9-11-13-15-17-19-21-23-25-27-29-31-33-35-37-41(44)39-43(46)40-42(45)38-36-34-32-30-28-26-24-22-20-18-16-14-12-10-8-6-4-2/h5-8,11-14,17-20,23-26,29-32H,3-4,9-10,15-16,21-22,27-28,33-40H2,1-2H3. The van der Waals surface area contributed by atoms with Crippen molar-refractivity contribution in [2.24, 2.45) is 0 Å². The number of ketones is 3. The van der Waals surface area contributed by atoms with Gasteiger partial charge in [-0.05, 0) is 89.9 Å². The predicted molar refractivity (Wildman–Crippen MR) is 201 cm³/mol. The molecule has 0 fully saturated rings. The van der Waals surface area contributed by atoms with E-state index < -0.39 is 0 Å². The van der Waals surface area contributed by atoms with E-state index >= 15 is 0 Å². The number of carbonyl (C=O) groups is 3. The smallest absolute Gasteiger partial charge is 0.147 e. The highest BCUT2D eigenvalue weighted by Crippen LogP contribution is 2.07. The summed E-state index contributed by atoms with van der Waals surface area (Å²) in [7, 11) is 0. The average Bonchev–Trinajstić information content (AvgIpc) is 3.03. The lowest BCUT2D eigenvalue weighted by molar-refractivity contribution is -0.130. The van der Waals surface area contributed by atoms with Gasteiger partial charge >= 0.3 is 0 Å². The van der Waals surface area contributed by atoms with E-state index in [9.17, 15) is 14.4 Å². The summed E-state index contributed by atoms with van der Waals surface area (Å²) in [6, 6.07) is 0. The SMILES string of the molecule is CCC=CCC=CCC=CCC=CCC=CCCCC(=O)CC(=O)CC(=O)CCCC=CCC=CCC=CCC=CCC=CCC. The van der Waals surface area contributed by atoms with Crippen LogP contribution in [0.1, 0.15) is 129 Å². The number of carbonyl (C=O) groups excluding carboxylic acids is 3. The normalized spacial score (nSPS) is 13.1. The van der Waals surface area contributed by atoms with Gasteiger partial charge in [0.25, 0.3) is 0 Å². The third kappa shape index (κ3) is 34.9. The third-order valence-corrected chi connectivity index (χ3v) is 6.76. The van der Waals surface area contributed by atoms with Crippen molar-refractivity contribution < 1.29 is 14.4 Å². The topological polar surface area (TPSA) is 51.2 Å². The van der Waals surface area contributed by atoms with Crippen molar-refractivity contribution in [2.75, 3.05) is 0 Å². The van der Waals surface area contributed by atoms with Crippen LogP contribution in [0.4, 0.5) is 0 Å². The highest BCUT2D eigenvalue weighted by molar-refractivity contribution is 6.07. The first-order chi connectivity index (χ1) is 22.6. The summed E-state index contributed by atoms with van der Waals surface area (Å²) in [5.74, 6) is -0.382. The summed E-state index contributed by atoms with van der Waals surface area (Å²) in [6.45, 7) is 4.29. The Kier molecular flexibility index (Phi) is 33.1. The van der Waals surface area contributed by atoms with Crippen LogP contribution >= 0.6 is 0 Å². The molecule has 0 aliphatic heterocycles. The molecule has 252 valence electrons. The number of rotatable bonds is 30. The van der Waals surface area contributed by atoms with Gasteiger partial charge in [-0.25, -0.2) is 0 Å². The minimum atomic E-state index is -0.250. The second-order valence-corrected chi connectivity index (χ2v) is 11.2. The van der Waals surface area contributed by atoms with Crippen molar-refractivity contribution in [3.63, 3.8) is 0 Å². The van der Waals surface area contributed by atoms with E-state index in [1.54, 1.807) is 0 Å². The van der Waals surface area contributed by atoms with Crippen molar-refractivity contribution in [3.05, 3.63) is 122 Å². The molecule has 0 N–H and O–H groups in total. The van der Waals surface area contributed by atoms with Gasteiger partial charge in [0.1, 0.15) is 17.3 Å². The second kappa shape index (κ2) is 35.9. The number of unbranched alkanes of at least 4 members (excludes halogenated alkanes) is 2. The van der Waals surface area contributed by atoms with Crippen LogP contribution in [0.15, 0.2) is 122 Å². The van der Waals surface area contributed by atoms with Crippen molar-refractivity contribution in [1.82, 2.24) is 0 Å². The Labute approximate surface area is 282 Å². The number of Topliss-reactive ketones (excluding diaryl/α,β-unsaturated/α-hetero) is 3. The van der Waals surface area contributed by atoms with Crippen LogP contribution in [0.3, 0.4) is 0 Å². The van der Waals surface area contributed by atoms with Gasteiger partial charge in [-0.3, -0.25) is 14.4 Å². The van der Waals surface area contributed by atoms with Gasteiger partial charge in [0.05, 0.1) is 12.8 Å². The quantitative estimate of drug-likeness (QED) is 0.0453. The van der Waals surface area contributed by atoms with Gasteiger partial charge in [0.2, 0.25) is 0 Å². The predicted octanol–water partition coefficient (Wildman–Crippen LogP) is 12.3. The molecule has 0 aliphatic carbocycles. The molecule has 0 unspecified atom stereocenters. The molecule has 0 aromatic rings. The van der Waals surface area contributed by atoms with E-state index in [1.165, 1.54) is 0 Å². The number of hydrogen-bond donors (Lipinski definition) is 0. The summed E-state index contributed by atoms with van der Waals surface area (Å²) < 4.78 is 0. The molecule has 46 heavy (non-hydrogen) atoms. The molecule has 0 amide bonds. The van der Waals surface area contributed by atoms with Gasteiger partial charge in [-0.15, -0.1) is 0 Å². The summed E-state index contributed by atoms with van der Waals surface area (Å²) in [6.07, 6.45) is 56.7. The lowest BCUT2D eigenvalue weighted by Crippen LogP contribution is -2.12. The maximum atomic E-state index is 12.1. The number of allylic oxidation sites excluding steroid dienone is 20. The molecular weight excluding hydrogens is 564 g/mol. The first-order valence-electron chi connectivity index (χ1n) is 17.6. The lowest BCUT2D eigenvalue weighted by Gasteiger charge is -2.01. The maximum absolute atomic E-state index is 12.1. The molecule has 0 heterocycles. The molecule has 3 heteroatoms. The van der Waals surface area contributed by atoms with Crippen molar-refractivity contribution >= 4 is 17.3 Å². The van der Waals surface area contributed by atoms with Gasteiger partial charge in [0.15, 0.2) is 0 Å². The van der Waals surface area contributed by atoms with Crippen LogP contribution < -0.4 is 0 Å². The molecular formula is C43H62O3. The van der Waals surface area contributed by atoms with Crippen LogP contribution in [-0.2, 0) is 14.4 Å². The van der Waals surface area contributed by atoms with E-state index in [1.807, 2.05) is 0 Å². The van der Waals surface area contributed by atoms with Crippen molar-refractivity contribution in [1.29, 1.82) is 0 Å². The van der Waals surface area contributed by atoms with E-state index in [4.69, 9.17) is 0 Å². The zero-order valence-electron chi connectivity index (χ0n) is 29.0. The van der Waals surface area contributed by atoms with Crippen LogP contribution in [0.25, 0.3) is 0 Å².